The molecule has 0 fully saturated rings. The lowest BCUT2D eigenvalue weighted by atomic mass is 10.2. The second-order valence-electron chi connectivity index (χ2n) is 2.48. The predicted molar refractivity (Wildman–Crippen MR) is 45.7 cm³/mol. The number of amidine groups is 1. The van der Waals surface area contributed by atoms with Gasteiger partial charge < -0.3 is 10.8 Å². The third-order valence-electron chi connectivity index (χ3n) is 1.79. The molecule has 0 aliphatic rings. The first kappa shape index (κ1) is 10.4. The van der Waals surface area contributed by atoms with Crippen molar-refractivity contribution in [2.45, 2.75) is 19.9 Å². The van der Waals surface area contributed by atoms with Gasteiger partial charge in [-0.1, -0.05) is 6.92 Å². The molecule has 0 aliphatic heterocycles. The molecular weight excluding hydrogens is 142 g/mol. The number of nitrogens with one attached hydrogen (secondary N) is 1. The van der Waals surface area contributed by atoms with Crippen molar-refractivity contribution in [3.8, 4) is 0 Å². The fraction of sp³-hybridized carbons (Fsp3) is 0.857. The third-order valence-corrected chi connectivity index (χ3v) is 1.79. The van der Waals surface area contributed by atoms with Gasteiger partial charge in [-0.25, -0.2) is 0 Å². The molecule has 4 heteroatoms. The average molecular weight is 159 g/mol. The van der Waals surface area contributed by atoms with Crippen LogP contribution in [0, 0.1) is 5.41 Å². The molecule has 0 aromatic rings. The second-order valence-corrected chi connectivity index (χ2v) is 2.48. The van der Waals surface area contributed by atoms with Crippen LogP contribution < -0.4 is 5.73 Å². The molecule has 0 rings (SSSR count). The van der Waals surface area contributed by atoms with Gasteiger partial charge in [0.2, 0.25) is 0 Å². The summed E-state index contributed by atoms with van der Waals surface area (Å²) in [6.07, 6.45) is 0. The maximum Gasteiger partial charge on any atom is 0.108 e. The average Bonchev–Trinajstić information content (AvgIpc) is 1.98. The minimum absolute atomic E-state index is 0.0628. The lowest BCUT2D eigenvalue weighted by Gasteiger charge is -2.25. The summed E-state index contributed by atoms with van der Waals surface area (Å²) in [5.41, 5.74) is 5.30. The Balaban J connectivity index is 3.91. The highest BCUT2D eigenvalue weighted by atomic mass is 16.3. The molecule has 4 N–H and O–H groups in total. The Morgan fingerprint density at radius 3 is 2.55 bits per heavy atom. The number of hydrogen-bond acceptors (Lipinski definition) is 3. The van der Waals surface area contributed by atoms with Crippen LogP contribution in [0.15, 0.2) is 0 Å². The van der Waals surface area contributed by atoms with Crippen LogP contribution in [0.3, 0.4) is 0 Å². The zero-order chi connectivity index (χ0) is 8.85. The van der Waals surface area contributed by atoms with E-state index in [9.17, 15) is 0 Å². The maximum atomic E-state index is 8.65. The summed E-state index contributed by atoms with van der Waals surface area (Å²) in [6.45, 7) is 5.35. The van der Waals surface area contributed by atoms with Gasteiger partial charge in [0, 0.05) is 6.54 Å². The van der Waals surface area contributed by atoms with E-state index in [-0.39, 0.29) is 18.5 Å². The number of likely N-dealkylation sites (N-methyl/N-ethyl adjacent to an activating group) is 1. The fourth-order valence-corrected chi connectivity index (χ4v) is 0.951. The predicted octanol–water partition coefficient (Wildman–Crippen LogP) is -0.375. The monoisotopic (exact) mass is 159 g/mol. The molecule has 11 heavy (non-hydrogen) atoms. The number of rotatable bonds is 5. The zero-order valence-corrected chi connectivity index (χ0v) is 7.17. The van der Waals surface area contributed by atoms with Crippen molar-refractivity contribution in [2.24, 2.45) is 5.73 Å². The largest absolute Gasteiger partial charge is 0.395 e. The second kappa shape index (κ2) is 5.09. The first-order valence-electron chi connectivity index (χ1n) is 3.82. The molecular formula is C7H17N3O. The Kier molecular flexibility index (Phi) is 4.81. The fourth-order valence-electron chi connectivity index (χ4n) is 0.951. The molecule has 0 bridgehead atoms. The van der Waals surface area contributed by atoms with Gasteiger partial charge in [0.05, 0.1) is 12.6 Å². The molecule has 0 amide bonds. The van der Waals surface area contributed by atoms with E-state index in [2.05, 4.69) is 0 Å². The summed E-state index contributed by atoms with van der Waals surface area (Å²) >= 11 is 0. The van der Waals surface area contributed by atoms with Gasteiger partial charge in [-0.05, 0) is 13.5 Å². The molecule has 0 aliphatic carbocycles. The number of aliphatic hydroxyl groups is 1. The van der Waals surface area contributed by atoms with Crippen molar-refractivity contribution in [3.63, 3.8) is 0 Å². The van der Waals surface area contributed by atoms with Crippen molar-refractivity contribution in [1.29, 1.82) is 5.41 Å². The van der Waals surface area contributed by atoms with Gasteiger partial charge in [0.15, 0.2) is 0 Å². The highest BCUT2D eigenvalue weighted by molar-refractivity contribution is 5.82. The number of nitrogens with zero attached hydrogens (tertiary/aromatic N) is 1. The Bertz CT molecular complexity index is 127. The standard InChI is InChI=1S/C7H17N3O/c1-3-10(4-5-11)6(2)7(8)9/h6,11H,3-5H2,1-2H3,(H3,8,9). The van der Waals surface area contributed by atoms with Crippen LogP contribution >= 0.6 is 0 Å². The summed E-state index contributed by atoms with van der Waals surface area (Å²) < 4.78 is 0. The molecule has 0 spiro atoms. The zero-order valence-electron chi connectivity index (χ0n) is 7.17. The summed E-state index contributed by atoms with van der Waals surface area (Å²) in [6, 6.07) is -0.0628. The van der Waals surface area contributed by atoms with E-state index in [1.807, 2.05) is 18.7 Å². The van der Waals surface area contributed by atoms with Crippen molar-refractivity contribution in [1.82, 2.24) is 4.90 Å². The minimum Gasteiger partial charge on any atom is -0.395 e. The molecule has 0 radical (unpaired) electrons. The molecule has 1 unspecified atom stereocenters. The molecule has 0 heterocycles. The summed E-state index contributed by atoms with van der Waals surface area (Å²) in [4.78, 5) is 1.95. The number of nitrogens with two attached hydrogens (primary N) is 1. The lowest BCUT2D eigenvalue weighted by molar-refractivity contribution is 0.190. The lowest BCUT2D eigenvalue weighted by Crippen LogP contribution is -2.43. The molecule has 0 aromatic heterocycles. The van der Waals surface area contributed by atoms with Crippen LogP contribution in [0.1, 0.15) is 13.8 Å². The quantitative estimate of drug-likeness (QED) is 0.378. The van der Waals surface area contributed by atoms with E-state index in [1.165, 1.54) is 0 Å². The first-order chi connectivity index (χ1) is 5.13. The van der Waals surface area contributed by atoms with Crippen LogP contribution in [0.2, 0.25) is 0 Å². The van der Waals surface area contributed by atoms with E-state index in [4.69, 9.17) is 16.2 Å². The topological polar surface area (TPSA) is 73.3 Å². The van der Waals surface area contributed by atoms with Crippen molar-refractivity contribution in [2.75, 3.05) is 19.7 Å². The van der Waals surface area contributed by atoms with Crippen molar-refractivity contribution in [3.05, 3.63) is 0 Å². The van der Waals surface area contributed by atoms with Gasteiger partial charge in [0.1, 0.15) is 5.84 Å². The van der Waals surface area contributed by atoms with E-state index in [1.54, 1.807) is 0 Å². The highest BCUT2D eigenvalue weighted by Gasteiger charge is 2.12. The smallest absolute Gasteiger partial charge is 0.108 e. The van der Waals surface area contributed by atoms with Gasteiger partial charge in [-0.2, -0.15) is 0 Å². The van der Waals surface area contributed by atoms with Crippen molar-refractivity contribution >= 4 is 5.84 Å². The normalized spacial score (nSPS) is 13.5. The molecule has 1 atom stereocenters. The van der Waals surface area contributed by atoms with Crippen LogP contribution in [0.4, 0.5) is 0 Å². The van der Waals surface area contributed by atoms with Crippen LogP contribution in [0.25, 0.3) is 0 Å². The molecule has 0 saturated carbocycles. The van der Waals surface area contributed by atoms with Gasteiger partial charge in [-0.15, -0.1) is 0 Å². The van der Waals surface area contributed by atoms with Gasteiger partial charge in [-0.3, -0.25) is 10.3 Å². The van der Waals surface area contributed by atoms with E-state index >= 15 is 0 Å². The molecule has 0 aromatic carbocycles. The van der Waals surface area contributed by atoms with Crippen molar-refractivity contribution < 1.29 is 5.11 Å². The van der Waals surface area contributed by atoms with Crippen LogP contribution in [0.5, 0.6) is 0 Å². The minimum atomic E-state index is -0.0628. The summed E-state index contributed by atoms with van der Waals surface area (Å²) in [7, 11) is 0. The Hall–Kier alpha value is -0.610. The summed E-state index contributed by atoms with van der Waals surface area (Å²) in [5, 5.41) is 15.8. The highest BCUT2D eigenvalue weighted by Crippen LogP contribution is 1.96. The van der Waals surface area contributed by atoms with E-state index < -0.39 is 0 Å². The molecule has 0 saturated heterocycles. The third kappa shape index (κ3) is 3.34. The Morgan fingerprint density at radius 1 is 1.73 bits per heavy atom. The number of hydrogen-bond donors (Lipinski definition) is 3. The van der Waals surface area contributed by atoms with E-state index in [0.29, 0.717) is 6.54 Å². The maximum absolute atomic E-state index is 8.65. The Morgan fingerprint density at radius 2 is 2.27 bits per heavy atom. The van der Waals surface area contributed by atoms with Gasteiger partial charge in [0.25, 0.3) is 0 Å². The van der Waals surface area contributed by atoms with Crippen LogP contribution in [-0.2, 0) is 0 Å². The molecule has 66 valence electrons. The number of aliphatic hydroxyl groups excluding tert-OH is 1. The van der Waals surface area contributed by atoms with Crippen LogP contribution in [-0.4, -0.2) is 41.6 Å². The van der Waals surface area contributed by atoms with Gasteiger partial charge >= 0.3 is 0 Å². The Labute approximate surface area is 67.5 Å². The first-order valence-corrected chi connectivity index (χ1v) is 3.82. The molecule has 4 nitrogen and oxygen atoms in total. The summed E-state index contributed by atoms with van der Waals surface area (Å²) in [5.74, 6) is 0.153. The SMILES string of the molecule is CCN(CCO)C(C)C(=N)N. The van der Waals surface area contributed by atoms with E-state index in [0.717, 1.165) is 6.54 Å².